The maximum absolute atomic E-state index is 10.0. The molecule has 0 unspecified atom stereocenters. The minimum atomic E-state index is -0.279. The molecule has 0 radical (unpaired) electrons. The van der Waals surface area contributed by atoms with Crippen LogP contribution in [0, 0.1) is 0 Å². The fraction of sp³-hybridized carbons (Fsp3) is 0.316. The van der Waals surface area contributed by atoms with E-state index in [1.54, 1.807) is 0 Å². The van der Waals surface area contributed by atoms with Gasteiger partial charge in [-0.3, -0.25) is 0 Å². The summed E-state index contributed by atoms with van der Waals surface area (Å²) in [5.41, 5.74) is 3.23. The predicted molar refractivity (Wildman–Crippen MR) is 97.7 cm³/mol. The summed E-state index contributed by atoms with van der Waals surface area (Å²) in [5, 5.41) is 10.8. The number of hydrogen-bond acceptors (Lipinski definition) is 3. The number of aromatic nitrogens is 2. The van der Waals surface area contributed by atoms with E-state index in [-0.39, 0.29) is 6.10 Å². The van der Waals surface area contributed by atoms with Crippen molar-refractivity contribution in [3.63, 3.8) is 0 Å². The number of aliphatic hydroxyl groups is 1. The molecule has 1 N–H and O–H groups in total. The number of aliphatic hydroxyl groups excluding tert-OH is 1. The standard InChI is InChI=1S/C19H20ClN3O/c20-15-6-3-5-14(11-15)12-23-18-9-2-1-8-17(18)21-19(23)22-10-4-7-16(24)13-22/h1-3,5-6,8-9,11,16,24H,4,7,10,12-13H2/t16-/m0/s1. The smallest absolute Gasteiger partial charge is 0.206 e. The average Bonchev–Trinajstić information content (AvgIpc) is 2.94. The number of rotatable bonds is 3. The van der Waals surface area contributed by atoms with Crippen LogP contribution < -0.4 is 4.90 Å². The van der Waals surface area contributed by atoms with E-state index in [1.807, 2.05) is 36.4 Å². The first-order valence-electron chi connectivity index (χ1n) is 8.33. The van der Waals surface area contributed by atoms with Crippen LogP contribution in [0.15, 0.2) is 48.5 Å². The molecule has 124 valence electrons. The average molecular weight is 342 g/mol. The highest BCUT2D eigenvalue weighted by atomic mass is 35.5. The van der Waals surface area contributed by atoms with Crippen molar-refractivity contribution in [1.29, 1.82) is 0 Å². The lowest BCUT2D eigenvalue weighted by Gasteiger charge is -2.31. The minimum Gasteiger partial charge on any atom is -0.391 e. The number of piperidine rings is 1. The molecule has 0 aliphatic carbocycles. The molecule has 1 aromatic heterocycles. The molecule has 2 heterocycles. The Morgan fingerprint density at radius 1 is 1.17 bits per heavy atom. The van der Waals surface area contributed by atoms with E-state index in [0.29, 0.717) is 13.1 Å². The number of halogens is 1. The molecule has 1 fully saturated rings. The van der Waals surface area contributed by atoms with Gasteiger partial charge in [0.1, 0.15) is 0 Å². The van der Waals surface area contributed by atoms with Crippen LogP contribution in [0.5, 0.6) is 0 Å². The Balaban J connectivity index is 1.78. The van der Waals surface area contributed by atoms with Crippen LogP contribution >= 0.6 is 11.6 Å². The Kier molecular flexibility index (Phi) is 4.17. The van der Waals surface area contributed by atoms with Crippen molar-refractivity contribution in [3.05, 3.63) is 59.1 Å². The highest BCUT2D eigenvalue weighted by molar-refractivity contribution is 6.30. The zero-order valence-corrected chi connectivity index (χ0v) is 14.2. The second-order valence-corrected chi connectivity index (χ2v) is 6.80. The Morgan fingerprint density at radius 3 is 2.88 bits per heavy atom. The van der Waals surface area contributed by atoms with Crippen LogP contribution in [0.3, 0.4) is 0 Å². The Labute approximate surface area is 146 Å². The van der Waals surface area contributed by atoms with Crippen LogP contribution in [0.1, 0.15) is 18.4 Å². The quantitative estimate of drug-likeness (QED) is 0.789. The van der Waals surface area contributed by atoms with Crippen molar-refractivity contribution in [2.75, 3.05) is 18.0 Å². The number of β-amino-alcohol motifs (C(OH)–C–C–N with tert-alkyl or cyclic N) is 1. The number of nitrogens with zero attached hydrogens (tertiary/aromatic N) is 3. The number of benzene rings is 2. The van der Waals surface area contributed by atoms with E-state index in [0.717, 1.165) is 47.0 Å². The molecule has 5 heteroatoms. The van der Waals surface area contributed by atoms with Crippen molar-refractivity contribution < 1.29 is 5.11 Å². The summed E-state index contributed by atoms with van der Waals surface area (Å²) in [4.78, 5) is 7.03. The summed E-state index contributed by atoms with van der Waals surface area (Å²) in [7, 11) is 0. The highest BCUT2D eigenvalue weighted by Gasteiger charge is 2.23. The van der Waals surface area contributed by atoms with Crippen LogP contribution in [0.25, 0.3) is 11.0 Å². The fourth-order valence-corrected chi connectivity index (χ4v) is 3.63. The van der Waals surface area contributed by atoms with Crippen molar-refractivity contribution >= 4 is 28.6 Å². The highest BCUT2D eigenvalue weighted by Crippen LogP contribution is 2.26. The molecule has 24 heavy (non-hydrogen) atoms. The topological polar surface area (TPSA) is 41.3 Å². The van der Waals surface area contributed by atoms with Crippen molar-refractivity contribution in [2.45, 2.75) is 25.5 Å². The normalized spacial score (nSPS) is 18.2. The number of imidazole rings is 1. The summed E-state index contributed by atoms with van der Waals surface area (Å²) in [6, 6.07) is 16.1. The summed E-state index contributed by atoms with van der Waals surface area (Å²) in [6.45, 7) is 2.28. The molecule has 4 rings (SSSR count). The third-order valence-electron chi connectivity index (χ3n) is 4.54. The van der Waals surface area contributed by atoms with E-state index in [1.165, 1.54) is 0 Å². The molecular weight excluding hydrogens is 322 g/mol. The van der Waals surface area contributed by atoms with Crippen molar-refractivity contribution in [2.24, 2.45) is 0 Å². The predicted octanol–water partition coefficient (Wildman–Crippen LogP) is 3.70. The van der Waals surface area contributed by atoms with Gasteiger partial charge in [0.05, 0.1) is 23.7 Å². The number of para-hydroxylation sites is 2. The molecule has 1 saturated heterocycles. The molecular formula is C19H20ClN3O. The molecule has 1 atom stereocenters. The van der Waals surface area contributed by atoms with Crippen LogP contribution in [-0.2, 0) is 6.54 Å². The summed E-state index contributed by atoms with van der Waals surface area (Å²) in [5.74, 6) is 0.926. The number of fused-ring (bicyclic) bond motifs is 1. The maximum atomic E-state index is 10.0. The van der Waals surface area contributed by atoms with E-state index < -0.39 is 0 Å². The summed E-state index contributed by atoms with van der Waals surface area (Å²) < 4.78 is 2.22. The molecule has 0 saturated carbocycles. The largest absolute Gasteiger partial charge is 0.391 e. The lowest BCUT2D eigenvalue weighted by Crippen LogP contribution is -2.39. The maximum Gasteiger partial charge on any atom is 0.206 e. The first-order chi connectivity index (χ1) is 11.7. The van der Waals surface area contributed by atoms with E-state index >= 15 is 0 Å². The van der Waals surface area contributed by atoms with Crippen LogP contribution in [0.2, 0.25) is 5.02 Å². The molecule has 0 spiro atoms. The minimum absolute atomic E-state index is 0.279. The van der Waals surface area contributed by atoms with Crippen molar-refractivity contribution in [3.8, 4) is 0 Å². The van der Waals surface area contributed by atoms with E-state index in [9.17, 15) is 5.11 Å². The Bertz CT molecular complexity index is 861. The van der Waals surface area contributed by atoms with Gasteiger partial charge in [-0.25, -0.2) is 4.98 Å². The van der Waals surface area contributed by atoms with Gasteiger partial charge in [-0.2, -0.15) is 0 Å². The van der Waals surface area contributed by atoms with Gasteiger partial charge in [-0.05, 0) is 42.7 Å². The Morgan fingerprint density at radius 2 is 2.04 bits per heavy atom. The summed E-state index contributed by atoms with van der Waals surface area (Å²) in [6.07, 6.45) is 1.57. The molecule has 0 bridgehead atoms. The van der Waals surface area contributed by atoms with Gasteiger partial charge in [-0.1, -0.05) is 35.9 Å². The third kappa shape index (κ3) is 2.99. The lowest BCUT2D eigenvalue weighted by atomic mass is 10.1. The van der Waals surface area contributed by atoms with Gasteiger partial charge in [0.2, 0.25) is 5.95 Å². The van der Waals surface area contributed by atoms with Crippen molar-refractivity contribution in [1.82, 2.24) is 9.55 Å². The molecule has 1 aliphatic rings. The SMILES string of the molecule is O[C@H]1CCCN(c2nc3ccccc3n2Cc2cccc(Cl)c2)C1. The Hall–Kier alpha value is -2.04. The zero-order valence-electron chi connectivity index (χ0n) is 13.4. The third-order valence-corrected chi connectivity index (χ3v) is 4.78. The number of hydrogen-bond donors (Lipinski definition) is 1. The first-order valence-corrected chi connectivity index (χ1v) is 8.71. The second-order valence-electron chi connectivity index (χ2n) is 6.36. The zero-order chi connectivity index (χ0) is 16.5. The van der Waals surface area contributed by atoms with Crippen LogP contribution in [0.4, 0.5) is 5.95 Å². The molecule has 2 aromatic carbocycles. The first kappa shape index (κ1) is 15.5. The van der Waals surface area contributed by atoms with Gasteiger partial charge in [0.25, 0.3) is 0 Å². The lowest BCUT2D eigenvalue weighted by molar-refractivity contribution is 0.153. The number of anilines is 1. The van der Waals surface area contributed by atoms with Gasteiger partial charge in [0.15, 0.2) is 0 Å². The second kappa shape index (κ2) is 6.46. The van der Waals surface area contributed by atoms with Gasteiger partial charge in [0, 0.05) is 18.1 Å². The van der Waals surface area contributed by atoms with E-state index in [4.69, 9.17) is 16.6 Å². The van der Waals surface area contributed by atoms with Gasteiger partial charge >= 0.3 is 0 Å². The molecule has 0 amide bonds. The van der Waals surface area contributed by atoms with Gasteiger partial charge < -0.3 is 14.6 Å². The fourth-order valence-electron chi connectivity index (χ4n) is 3.41. The van der Waals surface area contributed by atoms with Crippen LogP contribution in [-0.4, -0.2) is 33.9 Å². The molecule has 4 nitrogen and oxygen atoms in total. The monoisotopic (exact) mass is 341 g/mol. The summed E-state index contributed by atoms with van der Waals surface area (Å²) >= 11 is 6.14. The van der Waals surface area contributed by atoms with E-state index in [2.05, 4.69) is 21.6 Å². The molecule has 1 aliphatic heterocycles. The molecule has 3 aromatic rings. The van der Waals surface area contributed by atoms with Gasteiger partial charge in [-0.15, -0.1) is 0 Å².